The van der Waals surface area contributed by atoms with Gasteiger partial charge in [0.2, 0.25) is 0 Å². The highest BCUT2D eigenvalue weighted by Gasteiger charge is 2.30. The minimum Gasteiger partial charge on any atom is -0.366 e. The van der Waals surface area contributed by atoms with Crippen LogP contribution in [0.25, 0.3) is 0 Å². The zero-order valence-corrected chi connectivity index (χ0v) is 9.73. The number of rotatable bonds is 0. The van der Waals surface area contributed by atoms with Crippen molar-refractivity contribution in [3.8, 4) is 0 Å². The Morgan fingerprint density at radius 2 is 2.08 bits per heavy atom. The van der Waals surface area contributed by atoms with Crippen LogP contribution in [-0.2, 0) is 16.9 Å². The Morgan fingerprint density at radius 3 is 2.77 bits per heavy atom. The fourth-order valence-electron chi connectivity index (χ4n) is 1.76. The number of hydrogen-bond acceptors (Lipinski definition) is 1. The van der Waals surface area contributed by atoms with Gasteiger partial charge in [-0.3, -0.25) is 0 Å². The molecule has 70 valence electrons. The lowest BCUT2D eigenvalue weighted by Crippen LogP contribution is -2.14. The van der Waals surface area contributed by atoms with Gasteiger partial charge in [-0.25, -0.2) is 0 Å². The van der Waals surface area contributed by atoms with Gasteiger partial charge < -0.3 is 4.74 Å². The van der Waals surface area contributed by atoms with Crippen LogP contribution in [0.2, 0.25) is 0 Å². The molecule has 1 heterocycles. The number of benzene rings is 1. The third kappa shape index (κ3) is 1.42. The zero-order valence-electron chi connectivity index (χ0n) is 8.15. The van der Waals surface area contributed by atoms with E-state index < -0.39 is 0 Å². The van der Waals surface area contributed by atoms with E-state index in [9.17, 15) is 0 Å². The van der Waals surface area contributed by atoms with Crippen LogP contribution in [0, 0.1) is 6.92 Å². The Hall–Kier alpha value is -0.340. The van der Waals surface area contributed by atoms with E-state index >= 15 is 0 Å². The molecule has 13 heavy (non-hydrogen) atoms. The topological polar surface area (TPSA) is 9.23 Å². The number of ether oxygens (including phenoxy) is 1. The summed E-state index contributed by atoms with van der Waals surface area (Å²) in [7, 11) is 0. The summed E-state index contributed by atoms with van der Waals surface area (Å²) in [4.78, 5) is 0. The van der Waals surface area contributed by atoms with E-state index in [1.807, 2.05) is 0 Å². The second-order valence-electron chi connectivity index (χ2n) is 4.06. The lowest BCUT2D eigenvalue weighted by molar-refractivity contribution is -0.00791. The van der Waals surface area contributed by atoms with Crippen molar-refractivity contribution in [2.75, 3.05) is 0 Å². The van der Waals surface area contributed by atoms with Gasteiger partial charge in [0.15, 0.2) is 0 Å². The maximum absolute atomic E-state index is 5.70. The van der Waals surface area contributed by atoms with Crippen LogP contribution in [0.4, 0.5) is 0 Å². The van der Waals surface area contributed by atoms with Crippen molar-refractivity contribution in [1.82, 2.24) is 0 Å². The Labute approximate surface area is 87.2 Å². The van der Waals surface area contributed by atoms with Crippen molar-refractivity contribution >= 4 is 15.9 Å². The lowest BCUT2D eigenvalue weighted by atomic mass is 9.95. The first-order valence-electron chi connectivity index (χ1n) is 4.44. The normalized spacial score (nSPS) is 18.8. The molecule has 1 aromatic carbocycles. The summed E-state index contributed by atoms with van der Waals surface area (Å²) in [5, 5.41) is 0. The average Bonchev–Trinajstić information content (AvgIpc) is 2.31. The van der Waals surface area contributed by atoms with Crippen LogP contribution in [0.5, 0.6) is 0 Å². The smallest absolute Gasteiger partial charge is 0.0883 e. The quantitative estimate of drug-likeness (QED) is 0.675. The fraction of sp³-hybridized carbons (Fsp3) is 0.455. The van der Waals surface area contributed by atoms with Gasteiger partial charge in [0.25, 0.3) is 0 Å². The summed E-state index contributed by atoms with van der Waals surface area (Å²) in [6, 6.07) is 4.38. The number of hydrogen-bond donors (Lipinski definition) is 0. The Morgan fingerprint density at radius 1 is 1.38 bits per heavy atom. The van der Waals surface area contributed by atoms with E-state index in [4.69, 9.17) is 4.74 Å². The van der Waals surface area contributed by atoms with Gasteiger partial charge in [-0.15, -0.1) is 0 Å². The SMILES string of the molecule is Cc1cc2c(cc1Br)C(C)(C)OC2. The third-order valence-electron chi connectivity index (χ3n) is 2.62. The minimum atomic E-state index is -0.119. The van der Waals surface area contributed by atoms with Gasteiger partial charge in [0.1, 0.15) is 0 Å². The van der Waals surface area contributed by atoms with Gasteiger partial charge in [0.05, 0.1) is 12.2 Å². The van der Waals surface area contributed by atoms with E-state index in [1.54, 1.807) is 0 Å². The van der Waals surface area contributed by atoms with Crippen molar-refractivity contribution < 1.29 is 4.74 Å². The number of fused-ring (bicyclic) bond motifs is 1. The number of halogens is 1. The largest absolute Gasteiger partial charge is 0.366 e. The summed E-state index contributed by atoms with van der Waals surface area (Å²) >= 11 is 3.54. The molecule has 1 aliphatic rings. The summed E-state index contributed by atoms with van der Waals surface area (Å²) in [5.41, 5.74) is 3.79. The Kier molecular flexibility index (Phi) is 2.00. The van der Waals surface area contributed by atoms with Crippen molar-refractivity contribution in [3.05, 3.63) is 33.3 Å². The lowest BCUT2D eigenvalue weighted by Gasteiger charge is -2.18. The highest BCUT2D eigenvalue weighted by Crippen LogP contribution is 2.38. The summed E-state index contributed by atoms with van der Waals surface area (Å²) < 4.78 is 6.87. The van der Waals surface area contributed by atoms with Crippen molar-refractivity contribution in [2.24, 2.45) is 0 Å². The monoisotopic (exact) mass is 240 g/mol. The molecule has 0 aliphatic carbocycles. The molecular formula is C11H13BrO. The zero-order chi connectivity index (χ0) is 9.64. The molecule has 0 saturated heterocycles. The second kappa shape index (κ2) is 2.82. The van der Waals surface area contributed by atoms with Crippen LogP contribution in [-0.4, -0.2) is 0 Å². The first kappa shape index (κ1) is 9.22. The van der Waals surface area contributed by atoms with Crippen LogP contribution >= 0.6 is 15.9 Å². The van der Waals surface area contributed by atoms with Gasteiger partial charge in [-0.2, -0.15) is 0 Å². The van der Waals surface area contributed by atoms with Crippen LogP contribution in [0.3, 0.4) is 0 Å². The van der Waals surface area contributed by atoms with E-state index in [1.165, 1.54) is 21.2 Å². The minimum absolute atomic E-state index is 0.119. The van der Waals surface area contributed by atoms with E-state index in [0.717, 1.165) is 6.61 Å². The Bertz CT molecular complexity index is 355. The molecule has 0 N–H and O–H groups in total. The molecule has 0 atom stereocenters. The predicted molar refractivity (Wildman–Crippen MR) is 56.7 cm³/mol. The van der Waals surface area contributed by atoms with Gasteiger partial charge >= 0.3 is 0 Å². The first-order valence-corrected chi connectivity index (χ1v) is 5.23. The summed E-state index contributed by atoms with van der Waals surface area (Å²) in [6.45, 7) is 7.08. The molecule has 0 fully saturated rings. The van der Waals surface area contributed by atoms with Crippen molar-refractivity contribution in [3.63, 3.8) is 0 Å². The van der Waals surface area contributed by atoms with Crippen LogP contribution < -0.4 is 0 Å². The van der Waals surface area contributed by atoms with E-state index in [0.29, 0.717) is 0 Å². The Balaban J connectivity index is 2.61. The molecule has 0 bridgehead atoms. The van der Waals surface area contributed by atoms with Crippen LogP contribution in [0.15, 0.2) is 16.6 Å². The second-order valence-corrected chi connectivity index (χ2v) is 4.91. The molecule has 1 aromatic rings. The molecule has 0 saturated carbocycles. The van der Waals surface area contributed by atoms with E-state index in [-0.39, 0.29) is 5.60 Å². The molecule has 0 aromatic heterocycles. The highest BCUT2D eigenvalue weighted by molar-refractivity contribution is 9.10. The third-order valence-corrected chi connectivity index (χ3v) is 3.48. The first-order chi connectivity index (χ1) is 6.00. The maximum Gasteiger partial charge on any atom is 0.0883 e. The van der Waals surface area contributed by atoms with Crippen LogP contribution in [0.1, 0.15) is 30.5 Å². The standard InChI is InChI=1S/C11H13BrO/c1-7-4-8-6-13-11(2,3)9(8)5-10(7)12/h4-5H,6H2,1-3H3. The van der Waals surface area contributed by atoms with E-state index in [2.05, 4.69) is 48.8 Å². The molecule has 0 amide bonds. The molecule has 2 heteroatoms. The average molecular weight is 241 g/mol. The molecular weight excluding hydrogens is 228 g/mol. The summed E-state index contributed by atoms with van der Waals surface area (Å²) in [6.07, 6.45) is 0. The van der Waals surface area contributed by atoms with Gasteiger partial charge in [0, 0.05) is 4.47 Å². The maximum atomic E-state index is 5.70. The molecule has 0 unspecified atom stereocenters. The fourth-order valence-corrected chi connectivity index (χ4v) is 2.10. The highest BCUT2D eigenvalue weighted by atomic mass is 79.9. The summed E-state index contributed by atoms with van der Waals surface area (Å²) in [5.74, 6) is 0. The molecule has 0 spiro atoms. The van der Waals surface area contributed by atoms with Gasteiger partial charge in [-0.05, 0) is 43.5 Å². The van der Waals surface area contributed by atoms with Gasteiger partial charge in [-0.1, -0.05) is 22.0 Å². The molecule has 1 nitrogen and oxygen atoms in total. The molecule has 2 rings (SSSR count). The molecule has 1 aliphatic heterocycles. The number of aryl methyl sites for hydroxylation is 1. The van der Waals surface area contributed by atoms with Crippen molar-refractivity contribution in [2.45, 2.75) is 33.0 Å². The molecule has 0 radical (unpaired) electrons. The van der Waals surface area contributed by atoms with Crippen molar-refractivity contribution in [1.29, 1.82) is 0 Å². The predicted octanol–water partition coefficient (Wildman–Crippen LogP) is 3.52.